The molecular formula is C15H25NO2S. The van der Waals surface area contributed by atoms with E-state index < -0.39 is 11.3 Å². The topological polar surface area (TPSA) is 38.3 Å². The van der Waals surface area contributed by atoms with Crippen LogP contribution in [0.5, 0.6) is 0 Å². The Morgan fingerprint density at radius 1 is 1.05 bits per heavy atom. The van der Waals surface area contributed by atoms with Crippen LogP contribution in [-0.2, 0) is 15.4 Å². The number of anilines is 1. The average Bonchev–Trinajstić information content (AvgIpc) is 2.40. The van der Waals surface area contributed by atoms with Crippen molar-refractivity contribution in [2.75, 3.05) is 11.3 Å². The first-order chi connectivity index (χ1) is 9.22. The minimum atomic E-state index is -1.44. The third-order valence-corrected chi connectivity index (χ3v) is 3.72. The average molecular weight is 283 g/mol. The van der Waals surface area contributed by atoms with Crippen molar-refractivity contribution in [1.82, 2.24) is 0 Å². The van der Waals surface area contributed by atoms with Crippen molar-refractivity contribution in [2.24, 2.45) is 0 Å². The van der Waals surface area contributed by atoms with Crippen LogP contribution in [0.4, 0.5) is 5.69 Å². The van der Waals surface area contributed by atoms with Crippen molar-refractivity contribution in [2.45, 2.75) is 52.4 Å². The van der Waals surface area contributed by atoms with Crippen LogP contribution in [-0.4, -0.2) is 10.8 Å². The van der Waals surface area contributed by atoms with Crippen LogP contribution in [0.3, 0.4) is 0 Å². The lowest BCUT2D eigenvalue weighted by molar-refractivity contribution is 0.334. The van der Waals surface area contributed by atoms with Gasteiger partial charge in [-0.15, -0.1) is 0 Å². The molecule has 0 fully saturated rings. The van der Waals surface area contributed by atoms with Crippen LogP contribution in [0.25, 0.3) is 0 Å². The van der Waals surface area contributed by atoms with Gasteiger partial charge in [-0.1, -0.05) is 56.7 Å². The van der Waals surface area contributed by atoms with Gasteiger partial charge in [-0.2, -0.15) is 0 Å². The molecule has 0 bridgehead atoms. The summed E-state index contributed by atoms with van der Waals surface area (Å²) in [5, 5.41) is 0. The highest BCUT2D eigenvalue weighted by Crippen LogP contribution is 2.10. The zero-order chi connectivity index (χ0) is 13.9. The van der Waals surface area contributed by atoms with Crippen molar-refractivity contribution < 1.29 is 8.39 Å². The zero-order valence-electron chi connectivity index (χ0n) is 12.0. The summed E-state index contributed by atoms with van der Waals surface area (Å²) in [7, 11) is 0. The maximum atomic E-state index is 11.6. The first-order valence-electron chi connectivity index (χ1n) is 7.10. The van der Waals surface area contributed by atoms with Gasteiger partial charge in [-0.3, -0.25) is 8.91 Å². The van der Waals surface area contributed by atoms with E-state index in [1.54, 1.807) is 0 Å². The Kier molecular flexibility index (Phi) is 8.50. The largest absolute Gasteiger partial charge is 0.282 e. The number of hydrogen-bond donors (Lipinski definition) is 1. The Morgan fingerprint density at radius 3 is 2.37 bits per heavy atom. The Bertz CT molecular complexity index is 365. The van der Waals surface area contributed by atoms with E-state index in [0.717, 1.165) is 18.5 Å². The molecule has 0 aromatic heterocycles. The Labute approximate surface area is 119 Å². The summed E-state index contributed by atoms with van der Waals surface area (Å²) in [4.78, 5) is 0. The molecule has 1 aromatic carbocycles. The second-order valence-electron chi connectivity index (χ2n) is 4.79. The Balaban J connectivity index is 2.06. The monoisotopic (exact) mass is 283 g/mol. The molecule has 0 saturated carbocycles. The predicted molar refractivity (Wildman–Crippen MR) is 82.3 cm³/mol. The summed E-state index contributed by atoms with van der Waals surface area (Å²) < 4.78 is 19.7. The molecule has 0 heterocycles. The predicted octanol–water partition coefficient (Wildman–Crippen LogP) is 4.36. The van der Waals surface area contributed by atoms with Crippen molar-refractivity contribution in [3.05, 3.63) is 29.8 Å². The number of aryl methyl sites for hydroxylation is 1. The second kappa shape index (κ2) is 9.98. The van der Waals surface area contributed by atoms with Gasteiger partial charge in [-0.25, -0.2) is 4.21 Å². The quantitative estimate of drug-likeness (QED) is 0.648. The van der Waals surface area contributed by atoms with Gasteiger partial charge in [0.2, 0.25) is 0 Å². The molecular weight excluding hydrogens is 258 g/mol. The van der Waals surface area contributed by atoms with Gasteiger partial charge in [0.05, 0.1) is 6.61 Å². The molecule has 3 nitrogen and oxygen atoms in total. The highest BCUT2D eigenvalue weighted by molar-refractivity contribution is 7.81. The third kappa shape index (κ3) is 8.01. The van der Waals surface area contributed by atoms with Crippen molar-refractivity contribution >= 4 is 17.0 Å². The minimum absolute atomic E-state index is 0.553. The van der Waals surface area contributed by atoms with Crippen LogP contribution in [0.15, 0.2) is 24.3 Å². The summed E-state index contributed by atoms with van der Waals surface area (Å²) in [6, 6.07) is 7.77. The number of hydrogen-bond acceptors (Lipinski definition) is 2. The van der Waals surface area contributed by atoms with E-state index in [4.69, 9.17) is 4.18 Å². The van der Waals surface area contributed by atoms with Crippen molar-refractivity contribution in [3.8, 4) is 0 Å². The molecule has 0 amide bonds. The molecule has 108 valence electrons. The van der Waals surface area contributed by atoms with E-state index in [1.807, 2.05) is 31.2 Å². The lowest BCUT2D eigenvalue weighted by Crippen LogP contribution is -2.09. The van der Waals surface area contributed by atoms with Gasteiger partial charge in [0.1, 0.15) is 0 Å². The van der Waals surface area contributed by atoms with Gasteiger partial charge < -0.3 is 0 Å². The molecule has 1 atom stereocenters. The van der Waals surface area contributed by atoms with Gasteiger partial charge in [0.25, 0.3) is 11.3 Å². The molecule has 0 spiro atoms. The molecule has 0 radical (unpaired) electrons. The molecule has 1 aromatic rings. The Hall–Kier alpha value is -0.870. The zero-order valence-corrected chi connectivity index (χ0v) is 12.8. The van der Waals surface area contributed by atoms with E-state index in [0.29, 0.717) is 6.61 Å². The van der Waals surface area contributed by atoms with Gasteiger partial charge in [-0.05, 0) is 25.5 Å². The van der Waals surface area contributed by atoms with Crippen LogP contribution in [0, 0.1) is 6.92 Å². The highest BCUT2D eigenvalue weighted by Gasteiger charge is 2.00. The molecule has 19 heavy (non-hydrogen) atoms. The standard InChI is InChI=1S/C15H25NO2S/c1-3-4-5-6-7-8-13-18-19(17)16-15-11-9-14(2)10-12-15/h9-12,16H,3-8,13H2,1-2H3. The summed E-state index contributed by atoms with van der Waals surface area (Å²) in [5.74, 6) is 0. The number of benzene rings is 1. The van der Waals surface area contributed by atoms with Crippen molar-refractivity contribution in [1.29, 1.82) is 0 Å². The molecule has 4 heteroatoms. The van der Waals surface area contributed by atoms with Gasteiger partial charge in [0.15, 0.2) is 0 Å². The van der Waals surface area contributed by atoms with Crippen LogP contribution in [0.2, 0.25) is 0 Å². The molecule has 1 unspecified atom stereocenters. The smallest absolute Gasteiger partial charge is 0.261 e. The van der Waals surface area contributed by atoms with Crippen LogP contribution >= 0.6 is 0 Å². The summed E-state index contributed by atoms with van der Waals surface area (Å²) in [5.41, 5.74) is 2.01. The minimum Gasteiger partial charge on any atom is -0.282 e. The maximum absolute atomic E-state index is 11.6. The van der Waals surface area contributed by atoms with E-state index >= 15 is 0 Å². The molecule has 0 aliphatic heterocycles. The maximum Gasteiger partial charge on any atom is 0.261 e. The first kappa shape index (κ1) is 16.2. The second-order valence-corrected chi connectivity index (χ2v) is 5.70. The SMILES string of the molecule is CCCCCCCCOS(=O)Nc1ccc(C)cc1. The summed E-state index contributed by atoms with van der Waals surface area (Å²) in [6.07, 6.45) is 7.24. The fraction of sp³-hybridized carbons (Fsp3) is 0.600. The van der Waals surface area contributed by atoms with E-state index in [-0.39, 0.29) is 0 Å². The van der Waals surface area contributed by atoms with Crippen molar-refractivity contribution in [3.63, 3.8) is 0 Å². The fourth-order valence-electron chi connectivity index (χ4n) is 1.76. The highest BCUT2D eigenvalue weighted by atomic mass is 32.2. The van der Waals surface area contributed by atoms with E-state index in [2.05, 4.69) is 11.6 Å². The molecule has 0 aliphatic carbocycles. The summed E-state index contributed by atoms with van der Waals surface area (Å²) in [6.45, 7) is 4.79. The third-order valence-electron chi connectivity index (χ3n) is 2.94. The van der Waals surface area contributed by atoms with Crippen LogP contribution < -0.4 is 4.72 Å². The lowest BCUT2D eigenvalue weighted by Gasteiger charge is -2.06. The molecule has 0 saturated heterocycles. The Morgan fingerprint density at radius 2 is 1.68 bits per heavy atom. The van der Waals surface area contributed by atoms with E-state index in [1.165, 1.54) is 31.2 Å². The first-order valence-corrected chi connectivity index (χ1v) is 8.18. The van der Waals surface area contributed by atoms with Gasteiger partial charge in [0, 0.05) is 5.69 Å². The van der Waals surface area contributed by atoms with Crippen LogP contribution in [0.1, 0.15) is 51.0 Å². The van der Waals surface area contributed by atoms with Gasteiger partial charge >= 0.3 is 0 Å². The number of rotatable bonds is 10. The number of unbranched alkanes of at least 4 members (excludes halogenated alkanes) is 5. The molecule has 1 rings (SSSR count). The molecule has 1 N–H and O–H groups in total. The summed E-state index contributed by atoms with van der Waals surface area (Å²) >= 11 is -1.44. The molecule has 0 aliphatic rings. The number of nitrogens with one attached hydrogen (secondary N) is 1. The lowest BCUT2D eigenvalue weighted by atomic mass is 10.1. The fourth-order valence-corrected chi connectivity index (χ4v) is 2.42. The van der Waals surface area contributed by atoms with E-state index in [9.17, 15) is 4.21 Å². The normalized spacial score (nSPS) is 12.3.